The first-order chi connectivity index (χ1) is 8.10. The zero-order chi connectivity index (χ0) is 12.3. The number of hydrogen-bond donors (Lipinski definition) is 1. The molecule has 1 saturated heterocycles. The minimum absolute atomic E-state index is 0.0121. The number of carbonyl (C=O) groups is 1. The van der Waals surface area contributed by atoms with E-state index in [9.17, 15) is 4.79 Å². The lowest BCUT2D eigenvalue weighted by molar-refractivity contribution is -0.163. The topological polar surface area (TPSA) is 38.3 Å². The van der Waals surface area contributed by atoms with E-state index in [1.54, 1.807) is 0 Å². The van der Waals surface area contributed by atoms with Crippen LogP contribution in [-0.2, 0) is 9.53 Å². The molecule has 0 spiro atoms. The summed E-state index contributed by atoms with van der Waals surface area (Å²) in [7, 11) is 0. The molecule has 98 valence electrons. The third-order valence-electron chi connectivity index (χ3n) is 4.42. The highest BCUT2D eigenvalue weighted by molar-refractivity contribution is 5.76. The van der Waals surface area contributed by atoms with E-state index in [2.05, 4.69) is 5.32 Å². The van der Waals surface area contributed by atoms with Gasteiger partial charge in [-0.3, -0.25) is 4.79 Å². The molecule has 3 nitrogen and oxygen atoms in total. The SMILES string of the molecule is CC(C)(C(=O)OC1CCCC1)C1CCCNC1. The van der Waals surface area contributed by atoms with Gasteiger partial charge in [-0.15, -0.1) is 0 Å². The maximum atomic E-state index is 12.3. The molecule has 0 bridgehead atoms. The molecule has 2 aliphatic rings. The molecule has 1 aliphatic heterocycles. The van der Waals surface area contributed by atoms with Crippen molar-refractivity contribution in [1.29, 1.82) is 0 Å². The number of nitrogens with one attached hydrogen (secondary N) is 1. The first-order valence-corrected chi connectivity index (χ1v) is 7.02. The third kappa shape index (κ3) is 3.01. The van der Waals surface area contributed by atoms with Crippen molar-refractivity contribution in [1.82, 2.24) is 5.32 Å². The molecule has 1 atom stereocenters. The van der Waals surface area contributed by atoms with E-state index in [4.69, 9.17) is 4.74 Å². The summed E-state index contributed by atoms with van der Waals surface area (Å²) in [5, 5.41) is 3.38. The second-order valence-electron chi connectivity index (χ2n) is 6.08. The minimum Gasteiger partial charge on any atom is -0.462 e. The average Bonchev–Trinajstić information content (AvgIpc) is 2.83. The van der Waals surface area contributed by atoms with Crippen LogP contribution in [0.5, 0.6) is 0 Å². The van der Waals surface area contributed by atoms with Crippen molar-refractivity contribution in [2.75, 3.05) is 13.1 Å². The second kappa shape index (κ2) is 5.38. The number of esters is 1. The highest BCUT2D eigenvalue weighted by atomic mass is 16.5. The van der Waals surface area contributed by atoms with E-state index in [0.717, 1.165) is 32.4 Å². The first kappa shape index (κ1) is 12.9. The van der Waals surface area contributed by atoms with Crippen LogP contribution >= 0.6 is 0 Å². The van der Waals surface area contributed by atoms with E-state index < -0.39 is 0 Å². The predicted octanol–water partition coefficient (Wildman–Crippen LogP) is 2.50. The Morgan fingerprint density at radius 2 is 1.88 bits per heavy atom. The molecular weight excluding hydrogens is 214 g/mol. The molecule has 2 rings (SSSR count). The molecule has 1 saturated carbocycles. The van der Waals surface area contributed by atoms with E-state index in [-0.39, 0.29) is 17.5 Å². The van der Waals surface area contributed by atoms with Crippen molar-refractivity contribution in [3.8, 4) is 0 Å². The van der Waals surface area contributed by atoms with Crippen molar-refractivity contribution >= 4 is 5.97 Å². The van der Waals surface area contributed by atoms with Crippen LogP contribution in [0.2, 0.25) is 0 Å². The maximum absolute atomic E-state index is 12.3. The Morgan fingerprint density at radius 1 is 1.18 bits per heavy atom. The molecule has 0 aromatic rings. The minimum atomic E-state index is -0.337. The molecule has 2 fully saturated rings. The molecule has 17 heavy (non-hydrogen) atoms. The molecule has 1 aliphatic carbocycles. The predicted molar refractivity (Wildman–Crippen MR) is 67.7 cm³/mol. The highest BCUT2D eigenvalue weighted by Crippen LogP contribution is 2.34. The van der Waals surface area contributed by atoms with E-state index in [0.29, 0.717) is 5.92 Å². The fourth-order valence-electron chi connectivity index (χ4n) is 2.94. The summed E-state index contributed by atoms with van der Waals surface area (Å²) in [4.78, 5) is 12.3. The van der Waals surface area contributed by atoms with Crippen LogP contribution in [-0.4, -0.2) is 25.2 Å². The molecule has 0 aromatic carbocycles. The Morgan fingerprint density at radius 3 is 2.47 bits per heavy atom. The lowest BCUT2D eigenvalue weighted by Crippen LogP contribution is -2.44. The molecule has 0 amide bonds. The summed E-state index contributed by atoms with van der Waals surface area (Å²) < 4.78 is 5.66. The van der Waals surface area contributed by atoms with Crippen LogP contribution in [0.25, 0.3) is 0 Å². The summed E-state index contributed by atoms with van der Waals surface area (Å²) in [6.07, 6.45) is 7.05. The summed E-state index contributed by atoms with van der Waals surface area (Å²) in [5.74, 6) is 0.434. The van der Waals surface area contributed by atoms with E-state index in [1.807, 2.05) is 13.8 Å². The first-order valence-electron chi connectivity index (χ1n) is 7.02. The normalized spacial score (nSPS) is 27.1. The summed E-state index contributed by atoms with van der Waals surface area (Å²) in [5.41, 5.74) is -0.337. The van der Waals surface area contributed by atoms with Crippen molar-refractivity contribution in [3.05, 3.63) is 0 Å². The van der Waals surface area contributed by atoms with Gasteiger partial charge in [0, 0.05) is 0 Å². The van der Waals surface area contributed by atoms with Crippen molar-refractivity contribution in [2.24, 2.45) is 11.3 Å². The molecule has 3 heteroatoms. The lowest BCUT2D eigenvalue weighted by atomic mass is 9.75. The van der Waals surface area contributed by atoms with Gasteiger partial charge in [-0.1, -0.05) is 0 Å². The highest BCUT2D eigenvalue weighted by Gasteiger charge is 2.39. The fourth-order valence-corrected chi connectivity index (χ4v) is 2.94. The number of ether oxygens (including phenoxy) is 1. The Balaban J connectivity index is 1.90. The van der Waals surface area contributed by atoms with E-state index >= 15 is 0 Å². The maximum Gasteiger partial charge on any atom is 0.312 e. The summed E-state index contributed by atoms with van der Waals surface area (Å²) >= 11 is 0. The Kier molecular flexibility index (Phi) is 4.08. The van der Waals surface area contributed by atoms with Crippen LogP contribution in [0.1, 0.15) is 52.4 Å². The Hall–Kier alpha value is -0.570. The third-order valence-corrected chi connectivity index (χ3v) is 4.42. The smallest absolute Gasteiger partial charge is 0.312 e. The standard InChI is InChI=1S/C14H25NO2/c1-14(2,11-6-5-9-15-10-11)13(16)17-12-7-3-4-8-12/h11-12,15H,3-10H2,1-2H3. The van der Waals surface area contributed by atoms with Gasteiger partial charge in [-0.25, -0.2) is 0 Å². The molecule has 1 unspecified atom stereocenters. The second-order valence-corrected chi connectivity index (χ2v) is 6.08. The van der Waals surface area contributed by atoms with Crippen LogP contribution in [0, 0.1) is 11.3 Å². The van der Waals surface area contributed by atoms with Gasteiger partial charge >= 0.3 is 5.97 Å². The van der Waals surface area contributed by atoms with Crippen LogP contribution < -0.4 is 5.32 Å². The van der Waals surface area contributed by atoms with Crippen molar-refractivity contribution in [3.63, 3.8) is 0 Å². The van der Waals surface area contributed by atoms with Gasteiger partial charge in [0.05, 0.1) is 5.41 Å². The molecule has 1 N–H and O–H groups in total. The van der Waals surface area contributed by atoms with Crippen LogP contribution in [0.4, 0.5) is 0 Å². The molecule has 0 aromatic heterocycles. The van der Waals surface area contributed by atoms with Crippen LogP contribution in [0.15, 0.2) is 0 Å². The van der Waals surface area contributed by atoms with E-state index in [1.165, 1.54) is 19.3 Å². The van der Waals surface area contributed by atoms with Crippen molar-refractivity contribution < 1.29 is 9.53 Å². The number of hydrogen-bond acceptors (Lipinski definition) is 3. The quantitative estimate of drug-likeness (QED) is 0.769. The zero-order valence-corrected chi connectivity index (χ0v) is 11.1. The zero-order valence-electron chi connectivity index (χ0n) is 11.1. The van der Waals surface area contributed by atoms with Gasteiger partial charge in [0.25, 0.3) is 0 Å². The monoisotopic (exact) mass is 239 g/mol. The lowest BCUT2D eigenvalue weighted by Gasteiger charge is -2.35. The number of piperidine rings is 1. The summed E-state index contributed by atoms with van der Waals surface area (Å²) in [6, 6.07) is 0. The van der Waals surface area contributed by atoms with Crippen LogP contribution in [0.3, 0.4) is 0 Å². The van der Waals surface area contributed by atoms with Crippen molar-refractivity contribution in [2.45, 2.75) is 58.5 Å². The number of rotatable bonds is 3. The Labute approximate surface area is 104 Å². The van der Waals surface area contributed by atoms with Gasteiger partial charge in [-0.05, 0) is 71.4 Å². The van der Waals surface area contributed by atoms with Gasteiger partial charge in [-0.2, -0.15) is 0 Å². The van der Waals surface area contributed by atoms with Gasteiger partial charge in [0.2, 0.25) is 0 Å². The molecule has 1 heterocycles. The largest absolute Gasteiger partial charge is 0.462 e. The average molecular weight is 239 g/mol. The molecule has 0 radical (unpaired) electrons. The fraction of sp³-hybridized carbons (Fsp3) is 0.929. The Bertz CT molecular complexity index is 263. The van der Waals surface area contributed by atoms with Gasteiger partial charge in [0.1, 0.15) is 6.10 Å². The van der Waals surface area contributed by atoms with Gasteiger partial charge in [0.15, 0.2) is 0 Å². The number of carbonyl (C=O) groups excluding carboxylic acids is 1. The summed E-state index contributed by atoms with van der Waals surface area (Å²) in [6.45, 7) is 6.13. The van der Waals surface area contributed by atoms with Gasteiger partial charge < -0.3 is 10.1 Å². The molecular formula is C14H25NO2.